The van der Waals surface area contributed by atoms with E-state index in [1.807, 2.05) is 44.2 Å². The van der Waals surface area contributed by atoms with E-state index in [0.29, 0.717) is 5.89 Å². The number of oxazole rings is 1. The van der Waals surface area contributed by atoms with Crippen LogP contribution in [0.25, 0.3) is 0 Å². The normalized spacial score (nSPS) is 14.0. The minimum Gasteiger partial charge on any atom is -0.467 e. The minimum absolute atomic E-state index is 0.0194. The molecule has 3 aromatic rings. The van der Waals surface area contributed by atoms with Gasteiger partial charge >= 0.3 is 0 Å². The van der Waals surface area contributed by atoms with Crippen LogP contribution >= 0.6 is 0 Å². The zero-order chi connectivity index (χ0) is 14.7. The van der Waals surface area contributed by atoms with E-state index in [2.05, 4.69) is 22.4 Å². The predicted octanol–water partition coefficient (Wildman–Crippen LogP) is 4.02. The monoisotopic (exact) mass is 282 g/mol. The summed E-state index contributed by atoms with van der Waals surface area (Å²) in [4.78, 5) is 4.28. The molecule has 0 saturated heterocycles. The van der Waals surface area contributed by atoms with Gasteiger partial charge in [0.2, 0.25) is 5.89 Å². The lowest BCUT2D eigenvalue weighted by Gasteiger charge is -2.20. The summed E-state index contributed by atoms with van der Waals surface area (Å²) in [7, 11) is 0. The Hall–Kier alpha value is -2.33. The maximum atomic E-state index is 5.60. The molecule has 4 heteroatoms. The van der Waals surface area contributed by atoms with E-state index in [9.17, 15) is 0 Å². The van der Waals surface area contributed by atoms with Crippen LogP contribution in [0, 0.1) is 6.92 Å². The highest BCUT2D eigenvalue weighted by atomic mass is 16.4. The van der Waals surface area contributed by atoms with Gasteiger partial charge < -0.3 is 8.83 Å². The fraction of sp³-hybridized carbons (Fsp3) is 0.235. The Balaban J connectivity index is 1.86. The summed E-state index contributed by atoms with van der Waals surface area (Å²) in [6.07, 6.45) is 3.42. The Labute approximate surface area is 123 Å². The minimum atomic E-state index is -0.0385. The number of hydrogen-bond acceptors (Lipinski definition) is 4. The van der Waals surface area contributed by atoms with Gasteiger partial charge in [0.15, 0.2) is 0 Å². The molecule has 0 bridgehead atoms. The van der Waals surface area contributed by atoms with E-state index in [0.717, 1.165) is 17.1 Å². The number of nitrogens with zero attached hydrogens (tertiary/aromatic N) is 1. The van der Waals surface area contributed by atoms with Crippen molar-refractivity contribution in [3.63, 3.8) is 0 Å². The van der Waals surface area contributed by atoms with Gasteiger partial charge in [-0.05, 0) is 31.5 Å². The van der Waals surface area contributed by atoms with Gasteiger partial charge in [-0.2, -0.15) is 0 Å². The van der Waals surface area contributed by atoms with Crippen molar-refractivity contribution in [2.75, 3.05) is 0 Å². The van der Waals surface area contributed by atoms with Crippen LogP contribution in [0.15, 0.2) is 63.8 Å². The van der Waals surface area contributed by atoms with Crippen molar-refractivity contribution in [1.82, 2.24) is 10.3 Å². The number of aryl methyl sites for hydroxylation is 1. The van der Waals surface area contributed by atoms with Crippen molar-refractivity contribution in [2.24, 2.45) is 0 Å². The van der Waals surface area contributed by atoms with Crippen LogP contribution in [0.3, 0.4) is 0 Å². The van der Waals surface area contributed by atoms with Gasteiger partial charge in [-0.15, -0.1) is 0 Å². The summed E-state index contributed by atoms with van der Waals surface area (Å²) in [5.41, 5.74) is 1.14. The zero-order valence-electron chi connectivity index (χ0n) is 12.1. The Morgan fingerprint density at radius 1 is 1.10 bits per heavy atom. The quantitative estimate of drug-likeness (QED) is 0.768. The van der Waals surface area contributed by atoms with Crippen LogP contribution in [0.4, 0.5) is 0 Å². The third-order valence-electron chi connectivity index (χ3n) is 3.39. The second-order valence-corrected chi connectivity index (χ2v) is 5.06. The molecule has 2 unspecified atom stereocenters. The van der Waals surface area contributed by atoms with Gasteiger partial charge in [0, 0.05) is 0 Å². The molecule has 0 aliphatic carbocycles. The first-order valence-electron chi connectivity index (χ1n) is 7.01. The van der Waals surface area contributed by atoms with E-state index >= 15 is 0 Å². The molecule has 4 nitrogen and oxygen atoms in total. The second-order valence-electron chi connectivity index (χ2n) is 5.06. The maximum absolute atomic E-state index is 5.60. The average molecular weight is 282 g/mol. The van der Waals surface area contributed by atoms with Crippen molar-refractivity contribution in [3.8, 4) is 0 Å². The van der Waals surface area contributed by atoms with Crippen LogP contribution in [-0.4, -0.2) is 4.98 Å². The number of benzene rings is 1. The van der Waals surface area contributed by atoms with Crippen molar-refractivity contribution in [2.45, 2.75) is 25.9 Å². The summed E-state index contributed by atoms with van der Waals surface area (Å²) in [5.74, 6) is 2.37. The largest absolute Gasteiger partial charge is 0.467 e. The van der Waals surface area contributed by atoms with Crippen molar-refractivity contribution in [1.29, 1.82) is 0 Å². The molecule has 2 atom stereocenters. The molecular formula is C17H18N2O2. The molecule has 108 valence electrons. The van der Waals surface area contributed by atoms with Gasteiger partial charge in [-0.25, -0.2) is 4.98 Å². The first-order valence-corrected chi connectivity index (χ1v) is 7.01. The summed E-state index contributed by atoms with van der Waals surface area (Å²) in [5, 5.41) is 3.52. The molecule has 2 heterocycles. The highest BCUT2D eigenvalue weighted by Gasteiger charge is 2.21. The molecule has 1 N–H and O–H groups in total. The molecule has 0 spiro atoms. The fourth-order valence-electron chi connectivity index (χ4n) is 2.34. The van der Waals surface area contributed by atoms with Crippen LogP contribution in [-0.2, 0) is 0 Å². The Bertz CT molecular complexity index is 674. The molecule has 2 aromatic heterocycles. The third kappa shape index (κ3) is 3.06. The first kappa shape index (κ1) is 13.6. The molecule has 1 aromatic carbocycles. The zero-order valence-corrected chi connectivity index (χ0v) is 12.1. The molecule has 21 heavy (non-hydrogen) atoms. The smallest absolute Gasteiger partial charge is 0.211 e. The highest BCUT2D eigenvalue weighted by molar-refractivity contribution is 5.26. The Kier molecular flexibility index (Phi) is 3.88. The van der Waals surface area contributed by atoms with Crippen molar-refractivity contribution in [3.05, 3.63) is 77.9 Å². The SMILES string of the molecule is Cc1cnc(C(C)NC(c2ccccc2)c2ccco2)o1. The van der Waals surface area contributed by atoms with E-state index in [1.165, 1.54) is 0 Å². The molecule has 0 radical (unpaired) electrons. The van der Waals surface area contributed by atoms with Crippen LogP contribution in [0.1, 0.15) is 42.0 Å². The van der Waals surface area contributed by atoms with Crippen molar-refractivity contribution < 1.29 is 8.83 Å². The summed E-state index contributed by atoms with van der Waals surface area (Å²) in [6.45, 7) is 3.93. The average Bonchev–Trinajstić information content (AvgIpc) is 3.17. The molecule has 0 fully saturated rings. The second kappa shape index (κ2) is 5.97. The Morgan fingerprint density at radius 3 is 2.52 bits per heavy atom. The number of hydrogen-bond donors (Lipinski definition) is 1. The standard InChI is InChI=1S/C17H18N2O2/c1-12-11-18-17(21-12)13(2)19-16(15-9-6-10-20-15)14-7-4-3-5-8-14/h3-11,13,16,19H,1-2H3. The van der Waals surface area contributed by atoms with Gasteiger partial charge in [0.05, 0.1) is 24.5 Å². The van der Waals surface area contributed by atoms with Crippen molar-refractivity contribution >= 4 is 0 Å². The summed E-state index contributed by atoms with van der Waals surface area (Å²) >= 11 is 0. The van der Waals surface area contributed by atoms with E-state index in [-0.39, 0.29) is 12.1 Å². The van der Waals surface area contributed by atoms with Gasteiger partial charge in [0.25, 0.3) is 0 Å². The lowest BCUT2D eigenvalue weighted by molar-refractivity contribution is 0.363. The van der Waals surface area contributed by atoms with Crippen LogP contribution in [0.5, 0.6) is 0 Å². The highest BCUT2D eigenvalue weighted by Crippen LogP contribution is 2.26. The summed E-state index contributed by atoms with van der Waals surface area (Å²) in [6, 6.07) is 14.0. The summed E-state index contributed by atoms with van der Waals surface area (Å²) < 4.78 is 11.2. The third-order valence-corrected chi connectivity index (χ3v) is 3.39. The van der Waals surface area contributed by atoms with E-state index in [1.54, 1.807) is 12.5 Å². The predicted molar refractivity (Wildman–Crippen MR) is 79.8 cm³/mol. The Morgan fingerprint density at radius 2 is 1.90 bits per heavy atom. The van der Waals surface area contributed by atoms with Crippen LogP contribution in [0.2, 0.25) is 0 Å². The lowest BCUT2D eigenvalue weighted by Crippen LogP contribution is -2.25. The number of furan rings is 1. The number of rotatable bonds is 5. The first-order chi connectivity index (χ1) is 10.2. The van der Waals surface area contributed by atoms with Gasteiger partial charge in [0.1, 0.15) is 11.5 Å². The number of nitrogens with one attached hydrogen (secondary N) is 1. The van der Waals surface area contributed by atoms with Gasteiger partial charge in [-0.3, -0.25) is 5.32 Å². The molecule has 3 rings (SSSR count). The molecule has 0 aliphatic rings. The van der Waals surface area contributed by atoms with E-state index in [4.69, 9.17) is 8.83 Å². The lowest BCUT2D eigenvalue weighted by atomic mass is 10.0. The fourth-order valence-corrected chi connectivity index (χ4v) is 2.34. The van der Waals surface area contributed by atoms with Gasteiger partial charge in [-0.1, -0.05) is 30.3 Å². The molecule has 0 amide bonds. The van der Waals surface area contributed by atoms with Crippen LogP contribution < -0.4 is 5.32 Å². The molecule has 0 saturated carbocycles. The maximum Gasteiger partial charge on any atom is 0.211 e. The topological polar surface area (TPSA) is 51.2 Å². The van der Waals surface area contributed by atoms with E-state index < -0.39 is 0 Å². The molecular weight excluding hydrogens is 264 g/mol. The molecule has 0 aliphatic heterocycles. The number of aromatic nitrogens is 1.